The number of benzene rings is 2. The van der Waals surface area contributed by atoms with Gasteiger partial charge in [-0.05, 0) is 132 Å². The molecule has 10 atom stereocenters. The lowest BCUT2D eigenvalue weighted by molar-refractivity contribution is -0.144. The van der Waals surface area contributed by atoms with E-state index < -0.39 is 169 Å². The molecule has 96 heavy (non-hydrogen) atoms. The first-order chi connectivity index (χ1) is 45.7. The van der Waals surface area contributed by atoms with E-state index >= 15 is 0 Å². The van der Waals surface area contributed by atoms with Crippen molar-refractivity contribution < 1.29 is 62.3 Å². The molecule has 13 amide bonds. The van der Waals surface area contributed by atoms with Crippen LogP contribution in [0.1, 0.15) is 128 Å². The Balaban J connectivity index is 1.57. The van der Waals surface area contributed by atoms with E-state index in [0.29, 0.717) is 49.8 Å². The highest BCUT2D eigenvalue weighted by Crippen LogP contribution is 2.24. The molecule has 32 heteroatoms. The summed E-state index contributed by atoms with van der Waals surface area (Å²) in [7, 11) is 0. The standard InChI is InChI=1S/C64H100N18O13S/c1-38(2)35-47(58(90)75-42(54(69)86)29-34-96-3)74-53(85)37-73-55(87)43(24-23-39-15-6-4-7-16-39)76-59(91)48(36-40-17-8-5-9-18-40)80-57(89)44(25-27-51(67)83)77-56(88)45(26-28-52(68)84)78-60(92)50-22-14-33-82(50)63(95)46(20-10-11-30-65)79-61(93)49-21-13-32-81(49)62(94)41(66)19-12-31-72-64(70)71/h4-9,15-18,38,41-50H,10-14,19-37,65-66H2,1-3H3,(H2,67,83)(H2,68,84)(H2,69,86)(H,73,87)(H,74,85)(H,75,90)(H,76,91)(H,77,88)(H,78,92)(H,79,93)(H,80,89)(H4,70,71,72)/t41-,42-,43-,44-,45-,46-,47-,48-,49-,50-/m0/s1. The van der Waals surface area contributed by atoms with Gasteiger partial charge in [0.25, 0.3) is 0 Å². The molecular formula is C64H100N18O13S. The molecule has 2 aliphatic heterocycles. The molecular weight excluding hydrogens is 1260 g/mol. The summed E-state index contributed by atoms with van der Waals surface area (Å²) in [6.07, 6.45) is 3.50. The highest BCUT2D eigenvalue weighted by atomic mass is 32.2. The summed E-state index contributed by atoms with van der Waals surface area (Å²) in [5, 5.41) is 21.2. The molecule has 0 radical (unpaired) electrons. The number of hydrogen-bond acceptors (Lipinski definition) is 17. The van der Waals surface area contributed by atoms with Gasteiger partial charge in [-0.2, -0.15) is 11.8 Å². The summed E-state index contributed by atoms with van der Waals surface area (Å²) in [6, 6.07) is 5.04. The molecule has 22 N–H and O–H groups in total. The van der Waals surface area contributed by atoms with E-state index in [1.165, 1.54) is 21.6 Å². The number of primary amides is 3. The van der Waals surface area contributed by atoms with Gasteiger partial charge in [0.15, 0.2) is 5.96 Å². The van der Waals surface area contributed by atoms with Crippen molar-refractivity contribution in [2.24, 2.45) is 51.0 Å². The average Bonchev–Trinajstić information content (AvgIpc) is 1.66. The average molecular weight is 1360 g/mol. The fourth-order valence-corrected chi connectivity index (χ4v) is 11.7. The molecule has 2 saturated heterocycles. The number of nitrogens with one attached hydrogen (secondary N) is 8. The Labute approximate surface area is 564 Å². The second-order valence-corrected chi connectivity index (χ2v) is 25.4. The molecule has 31 nitrogen and oxygen atoms in total. The Hall–Kier alpha value is -8.91. The number of carbonyl (C=O) groups excluding carboxylic acids is 13. The maximum absolute atomic E-state index is 14.7. The van der Waals surface area contributed by atoms with Crippen molar-refractivity contribution >= 4 is 94.5 Å². The zero-order chi connectivity index (χ0) is 70.9. The molecule has 2 heterocycles. The van der Waals surface area contributed by atoms with E-state index in [0.717, 1.165) is 5.56 Å². The monoisotopic (exact) mass is 1360 g/mol. The van der Waals surface area contributed by atoms with Gasteiger partial charge >= 0.3 is 0 Å². The van der Waals surface area contributed by atoms with Crippen LogP contribution < -0.4 is 82.7 Å². The Kier molecular flexibility index (Phi) is 34.6. The molecule has 0 spiro atoms. The summed E-state index contributed by atoms with van der Waals surface area (Å²) in [5.41, 5.74) is 40.9. The van der Waals surface area contributed by atoms with E-state index in [4.69, 9.17) is 40.1 Å². The minimum atomic E-state index is -1.64. The van der Waals surface area contributed by atoms with Crippen molar-refractivity contribution in [3.8, 4) is 0 Å². The van der Waals surface area contributed by atoms with Crippen LogP contribution in [0.25, 0.3) is 0 Å². The Bertz CT molecular complexity index is 2980. The largest absolute Gasteiger partial charge is 0.370 e. The van der Waals surface area contributed by atoms with Crippen LogP contribution in [0.2, 0.25) is 0 Å². The first-order valence-corrected chi connectivity index (χ1v) is 34.1. The number of hydrogen-bond donors (Lipinski definition) is 15. The first kappa shape index (κ1) is 79.5. The van der Waals surface area contributed by atoms with Gasteiger partial charge in [0.1, 0.15) is 54.4 Å². The van der Waals surface area contributed by atoms with Crippen LogP contribution in [-0.2, 0) is 75.2 Å². The smallest absolute Gasteiger partial charge is 0.245 e. The molecule has 0 bridgehead atoms. The predicted molar refractivity (Wildman–Crippen MR) is 360 cm³/mol. The molecule has 2 aromatic carbocycles. The fourth-order valence-electron chi connectivity index (χ4n) is 11.2. The highest BCUT2D eigenvalue weighted by molar-refractivity contribution is 7.98. The van der Waals surface area contributed by atoms with Crippen LogP contribution in [0.3, 0.4) is 0 Å². The molecule has 530 valence electrons. The molecule has 0 unspecified atom stereocenters. The summed E-state index contributed by atoms with van der Waals surface area (Å²) in [4.78, 5) is 185. The SMILES string of the molecule is CSCC[C@H](NC(=O)[C@H](CC(C)C)NC(=O)CNC(=O)[C@H](CCc1ccccc1)NC(=O)[C@H](Cc1ccccc1)NC(=O)[C@H](CCC(N)=O)NC(=O)[C@H](CCC(N)=O)NC(=O)[C@@H]1CCCN1C(=O)[C@H](CCCCN)NC(=O)[C@@H]1CCCN1C(=O)[C@@H](N)CCCN=C(N)N)C(N)=O. The Morgan fingerprint density at radius 1 is 0.542 bits per heavy atom. The van der Waals surface area contributed by atoms with E-state index in [2.05, 4.69) is 47.5 Å². The van der Waals surface area contributed by atoms with Gasteiger partial charge < -0.3 is 92.5 Å². The third-order valence-corrected chi connectivity index (χ3v) is 17.0. The lowest BCUT2D eigenvalue weighted by Crippen LogP contribution is -2.60. The number of unbranched alkanes of at least 4 members (excludes halogenated alkanes) is 1. The topological polar surface area (TPSA) is 519 Å². The van der Waals surface area contributed by atoms with Crippen LogP contribution in [-0.4, -0.2) is 198 Å². The Morgan fingerprint density at radius 2 is 1.04 bits per heavy atom. The molecule has 4 rings (SSSR count). The van der Waals surface area contributed by atoms with Crippen LogP contribution in [0, 0.1) is 5.92 Å². The quantitative estimate of drug-likeness (QED) is 0.0175. The lowest BCUT2D eigenvalue weighted by atomic mass is 10.0. The zero-order valence-electron chi connectivity index (χ0n) is 55.2. The van der Waals surface area contributed by atoms with Crippen LogP contribution in [0.5, 0.6) is 0 Å². The normalized spacial score (nSPS) is 16.8. The van der Waals surface area contributed by atoms with Crippen LogP contribution in [0.4, 0.5) is 0 Å². The zero-order valence-corrected chi connectivity index (χ0v) is 56.0. The number of rotatable bonds is 43. The third-order valence-electron chi connectivity index (χ3n) is 16.3. The number of amides is 13. The fraction of sp³-hybridized carbons (Fsp3) is 0.594. The number of guanidine groups is 1. The number of thioether (sulfide) groups is 1. The van der Waals surface area contributed by atoms with Crippen LogP contribution >= 0.6 is 11.8 Å². The number of aliphatic imine (C=N–C) groups is 1. The summed E-state index contributed by atoms with van der Waals surface area (Å²) < 4.78 is 0. The van der Waals surface area contributed by atoms with Gasteiger partial charge in [-0.25, -0.2) is 0 Å². The van der Waals surface area contributed by atoms with Crippen molar-refractivity contribution in [3.63, 3.8) is 0 Å². The number of likely N-dealkylation sites (tertiary alicyclic amines) is 2. The summed E-state index contributed by atoms with van der Waals surface area (Å²) in [6.45, 7) is 3.88. The lowest BCUT2D eigenvalue weighted by Gasteiger charge is -2.32. The second-order valence-electron chi connectivity index (χ2n) is 24.5. The maximum atomic E-state index is 14.7. The number of carbonyl (C=O) groups is 13. The molecule has 0 aromatic heterocycles. The molecule has 2 aromatic rings. The van der Waals surface area contributed by atoms with Gasteiger partial charge in [-0.3, -0.25) is 67.3 Å². The van der Waals surface area contributed by atoms with E-state index in [1.807, 2.05) is 32.2 Å². The van der Waals surface area contributed by atoms with Gasteiger partial charge in [-0.1, -0.05) is 74.5 Å². The van der Waals surface area contributed by atoms with Crippen LogP contribution in [0.15, 0.2) is 65.7 Å². The third kappa shape index (κ3) is 27.8. The molecule has 2 fully saturated rings. The van der Waals surface area contributed by atoms with E-state index in [9.17, 15) is 62.3 Å². The molecule has 0 saturated carbocycles. The van der Waals surface area contributed by atoms with Gasteiger partial charge in [0, 0.05) is 38.9 Å². The van der Waals surface area contributed by atoms with E-state index in [1.54, 1.807) is 48.5 Å². The van der Waals surface area contributed by atoms with Gasteiger partial charge in [0.05, 0.1) is 12.6 Å². The van der Waals surface area contributed by atoms with Crippen molar-refractivity contribution in [3.05, 3.63) is 71.8 Å². The minimum Gasteiger partial charge on any atom is -0.370 e. The van der Waals surface area contributed by atoms with Crippen molar-refractivity contribution in [1.82, 2.24) is 52.3 Å². The highest BCUT2D eigenvalue weighted by Gasteiger charge is 2.42. The van der Waals surface area contributed by atoms with E-state index in [-0.39, 0.29) is 89.4 Å². The minimum absolute atomic E-state index is 0.0172. The molecule has 0 aliphatic carbocycles. The first-order valence-electron chi connectivity index (χ1n) is 32.7. The second kappa shape index (κ2) is 41.8. The van der Waals surface area contributed by atoms with Crippen molar-refractivity contribution in [2.75, 3.05) is 44.7 Å². The summed E-state index contributed by atoms with van der Waals surface area (Å²) >= 11 is 1.45. The van der Waals surface area contributed by atoms with Gasteiger partial charge in [-0.15, -0.1) is 0 Å². The summed E-state index contributed by atoms with van der Waals surface area (Å²) in [5.74, 6) is -9.73. The molecule has 2 aliphatic rings. The number of nitrogens with zero attached hydrogens (tertiary/aromatic N) is 3. The Morgan fingerprint density at radius 3 is 1.57 bits per heavy atom. The maximum Gasteiger partial charge on any atom is 0.245 e. The van der Waals surface area contributed by atoms with Crippen molar-refractivity contribution in [1.29, 1.82) is 0 Å². The number of aryl methyl sites for hydroxylation is 1. The van der Waals surface area contributed by atoms with Crippen molar-refractivity contribution in [2.45, 2.75) is 190 Å². The number of nitrogens with two attached hydrogens (primary N) is 7. The van der Waals surface area contributed by atoms with Gasteiger partial charge in [0.2, 0.25) is 76.8 Å². The predicted octanol–water partition coefficient (Wildman–Crippen LogP) is -3.32.